The van der Waals surface area contributed by atoms with Crippen molar-refractivity contribution in [2.45, 2.75) is 80.3 Å². The summed E-state index contributed by atoms with van der Waals surface area (Å²) < 4.78 is 42.3. The van der Waals surface area contributed by atoms with E-state index >= 15 is 0 Å². The van der Waals surface area contributed by atoms with Gasteiger partial charge in [-0.25, -0.2) is 17.8 Å². The molecule has 3 saturated heterocycles. The minimum atomic E-state index is -4.06. The second-order valence-corrected chi connectivity index (χ2v) is 15.6. The molecule has 0 unspecified atom stereocenters. The second kappa shape index (κ2) is 13.2. The van der Waals surface area contributed by atoms with E-state index in [0.29, 0.717) is 44.1 Å². The number of benzene rings is 3. The Kier molecular flexibility index (Phi) is 9.10. The van der Waals surface area contributed by atoms with Gasteiger partial charge in [-0.1, -0.05) is 40.8 Å². The predicted molar refractivity (Wildman–Crippen MR) is 183 cm³/mol. The lowest BCUT2D eigenvalue weighted by molar-refractivity contribution is 0.0606. The molecule has 1 N–H and O–H groups in total. The summed E-state index contributed by atoms with van der Waals surface area (Å²) in [4.78, 5) is 29.3. The van der Waals surface area contributed by atoms with Crippen LogP contribution >= 0.6 is 11.6 Å². The van der Waals surface area contributed by atoms with Crippen molar-refractivity contribution in [1.82, 2.24) is 24.2 Å². The van der Waals surface area contributed by atoms with Gasteiger partial charge in [-0.05, 0) is 112 Å². The van der Waals surface area contributed by atoms with E-state index in [9.17, 15) is 17.6 Å². The molecule has 4 aromatic rings. The van der Waals surface area contributed by atoms with Crippen molar-refractivity contribution < 1.29 is 22.4 Å². The number of aromatic nitrogens is 2. The minimum absolute atomic E-state index is 0.00798. The maximum Gasteiger partial charge on any atom is 0.263 e. The van der Waals surface area contributed by atoms with Crippen LogP contribution in [0.5, 0.6) is 0 Å². The number of rotatable bonds is 9. The standard InChI is InChI=1S/C36H41ClFN5O4S/c1-24-39-32-8-3-4-9-33(32)43(24)30-22-28-11-12-29(23-30)42(28)19-16-36(26-6-5-7-27(38)21-26)14-17-41(18-15-36)35(44)25-10-13-31(37)34(20-25)48(45,46)40-47-2/h3-10,13,20-21,28-30,40H,11-12,14-19,22-23H2,1-2H3/t28-,29+,30+. The van der Waals surface area contributed by atoms with Crippen molar-refractivity contribution in [2.75, 3.05) is 26.7 Å². The molecule has 12 heteroatoms. The van der Waals surface area contributed by atoms with Crippen LogP contribution in [0.3, 0.4) is 0 Å². The van der Waals surface area contributed by atoms with Gasteiger partial charge < -0.3 is 9.47 Å². The fourth-order valence-electron chi connectivity index (χ4n) is 8.61. The molecule has 0 saturated carbocycles. The van der Waals surface area contributed by atoms with E-state index in [2.05, 4.69) is 39.4 Å². The largest absolute Gasteiger partial charge is 0.339 e. The summed E-state index contributed by atoms with van der Waals surface area (Å²) in [5, 5.41) is -0.00798. The molecule has 48 heavy (non-hydrogen) atoms. The highest BCUT2D eigenvalue weighted by Gasteiger charge is 2.44. The highest BCUT2D eigenvalue weighted by molar-refractivity contribution is 7.89. The van der Waals surface area contributed by atoms with Gasteiger partial charge in [0.15, 0.2) is 0 Å². The Balaban J connectivity index is 1.07. The van der Waals surface area contributed by atoms with Crippen molar-refractivity contribution in [2.24, 2.45) is 0 Å². The molecule has 0 spiro atoms. The molecule has 0 radical (unpaired) electrons. The van der Waals surface area contributed by atoms with Crippen LogP contribution < -0.4 is 4.89 Å². The lowest BCUT2D eigenvalue weighted by atomic mass is 9.70. The summed E-state index contributed by atoms with van der Waals surface area (Å²) >= 11 is 6.17. The van der Waals surface area contributed by atoms with E-state index in [0.717, 1.165) is 42.7 Å². The van der Waals surface area contributed by atoms with Crippen LogP contribution in [-0.2, 0) is 20.3 Å². The van der Waals surface area contributed by atoms with E-state index in [1.54, 1.807) is 23.1 Å². The number of piperidine rings is 2. The first-order valence-electron chi connectivity index (χ1n) is 16.7. The van der Waals surface area contributed by atoms with E-state index in [1.807, 2.05) is 17.0 Å². The molecule has 1 amide bonds. The second-order valence-electron chi connectivity index (χ2n) is 13.5. The maximum absolute atomic E-state index is 14.6. The van der Waals surface area contributed by atoms with E-state index in [4.69, 9.17) is 16.6 Å². The number of fused-ring (bicyclic) bond motifs is 3. The smallest absolute Gasteiger partial charge is 0.263 e. The Morgan fingerprint density at radius 2 is 1.75 bits per heavy atom. The number of imidazole rings is 1. The van der Waals surface area contributed by atoms with Gasteiger partial charge in [-0.2, -0.15) is 0 Å². The lowest BCUT2D eigenvalue weighted by Gasteiger charge is -2.45. The van der Waals surface area contributed by atoms with E-state index in [-0.39, 0.29) is 32.6 Å². The molecule has 3 atom stereocenters. The number of likely N-dealkylation sites (tertiary alicyclic amines) is 1. The van der Waals surface area contributed by atoms with Gasteiger partial charge in [0.25, 0.3) is 15.9 Å². The van der Waals surface area contributed by atoms with Crippen LogP contribution in [0.1, 0.15) is 72.7 Å². The molecule has 4 heterocycles. The molecular formula is C36H41ClFN5O4S. The Labute approximate surface area is 286 Å². The van der Waals surface area contributed by atoms with Crippen LogP contribution in [0, 0.1) is 12.7 Å². The zero-order valence-corrected chi connectivity index (χ0v) is 28.8. The van der Waals surface area contributed by atoms with Gasteiger partial charge in [-0.3, -0.25) is 14.5 Å². The van der Waals surface area contributed by atoms with Crippen molar-refractivity contribution >= 4 is 38.6 Å². The van der Waals surface area contributed by atoms with E-state index in [1.165, 1.54) is 43.7 Å². The maximum atomic E-state index is 14.6. The third kappa shape index (κ3) is 6.15. The average Bonchev–Trinajstić information content (AvgIpc) is 3.53. The topological polar surface area (TPSA) is 96.8 Å². The number of para-hydroxylation sites is 2. The number of sulfonamides is 1. The summed E-state index contributed by atoms with van der Waals surface area (Å²) in [5.74, 6) is 0.549. The average molecular weight is 694 g/mol. The highest BCUT2D eigenvalue weighted by Crippen LogP contribution is 2.45. The monoisotopic (exact) mass is 693 g/mol. The van der Waals surface area contributed by atoms with Gasteiger partial charge >= 0.3 is 0 Å². The number of aryl methyl sites for hydroxylation is 1. The van der Waals surface area contributed by atoms with Gasteiger partial charge in [0.1, 0.15) is 16.5 Å². The molecule has 0 aliphatic carbocycles. The number of amides is 1. The molecule has 3 aliphatic heterocycles. The summed E-state index contributed by atoms with van der Waals surface area (Å²) in [5.41, 5.74) is 3.18. The summed E-state index contributed by atoms with van der Waals surface area (Å²) in [7, 11) is -2.87. The Morgan fingerprint density at radius 1 is 1.02 bits per heavy atom. The SMILES string of the molecule is CONS(=O)(=O)c1cc(C(=O)N2CCC(CCN3[C@@H]4CC[C@H]3C[C@@H](n3c(C)nc5ccccc53)C4)(c3cccc(F)c3)CC2)ccc1Cl. The first-order chi connectivity index (χ1) is 23.1. The summed E-state index contributed by atoms with van der Waals surface area (Å²) in [6.45, 7) is 3.97. The third-order valence-electron chi connectivity index (χ3n) is 11.0. The molecule has 3 fully saturated rings. The first kappa shape index (κ1) is 33.2. The number of nitrogens with zero attached hydrogens (tertiary/aromatic N) is 4. The number of hydrogen-bond donors (Lipinski definition) is 1. The van der Waals surface area contributed by atoms with Gasteiger partial charge in [0.2, 0.25) is 0 Å². The number of carbonyl (C=O) groups excluding carboxylic acids is 1. The predicted octanol–water partition coefficient (Wildman–Crippen LogP) is 6.41. The normalized spacial score (nSPS) is 22.8. The van der Waals surface area contributed by atoms with Gasteiger partial charge in [0.05, 0.1) is 23.2 Å². The van der Waals surface area contributed by atoms with Crippen LogP contribution in [0.15, 0.2) is 71.6 Å². The zero-order chi connectivity index (χ0) is 33.6. The molecule has 1 aromatic heterocycles. The van der Waals surface area contributed by atoms with Crippen molar-refractivity contribution in [3.05, 3.63) is 94.5 Å². The van der Waals surface area contributed by atoms with Crippen molar-refractivity contribution in [3.8, 4) is 0 Å². The molecule has 3 aliphatic rings. The first-order valence-corrected chi connectivity index (χ1v) is 18.5. The van der Waals surface area contributed by atoms with Crippen molar-refractivity contribution in [3.63, 3.8) is 0 Å². The molecule has 254 valence electrons. The number of halogens is 2. The zero-order valence-electron chi connectivity index (χ0n) is 27.2. The molecule has 3 aromatic carbocycles. The van der Waals surface area contributed by atoms with Gasteiger partial charge in [-0.15, -0.1) is 0 Å². The fraction of sp³-hybridized carbons (Fsp3) is 0.444. The van der Waals surface area contributed by atoms with Crippen LogP contribution in [0.4, 0.5) is 4.39 Å². The Hall–Kier alpha value is -3.35. The summed E-state index contributed by atoms with van der Waals surface area (Å²) in [6.07, 6.45) is 6.77. The Morgan fingerprint density at radius 3 is 2.46 bits per heavy atom. The molecule has 9 nitrogen and oxygen atoms in total. The highest BCUT2D eigenvalue weighted by atomic mass is 35.5. The quantitative estimate of drug-likeness (QED) is 0.204. The minimum Gasteiger partial charge on any atom is -0.339 e. The fourth-order valence-corrected chi connectivity index (χ4v) is 9.95. The van der Waals surface area contributed by atoms with Crippen LogP contribution in [0.2, 0.25) is 5.02 Å². The molecule has 7 rings (SSSR count). The molecule has 2 bridgehead atoms. The molecular weight excluding hydrogens is 653 g/mol. The van der Waals surface area contributed by atoms with E-state index < -0.39 is 10.0 Å². The number of carbonyl (C=O) groups is 1. The van der Waals surface area contributed by atoms with Crippen molar-refractivity contribution in [1.29, 1.82) is 0 Å². The number of nitrogens with one attached hydrogen (secondary N) is 1. The Bertz CT molecular complexity index is 1930. The summed E-state index contributed by atoms with van der Waals surface area (Å²) in [6, 6.07) is 21.0. The van der Waals surface area contributed by atoms with Crippen LogP contribution in [-0.4, -0.2) is 72.5 Å². The lowest BCUT2D eigenvalue weighted by Crippen LogP contribution is -2.49. The van der Waals surface area contributed by atoms with Crippen LogP contribution in [0.25, 0.3) is 11.0 Å². The number of hydrogen-bond acceptors (Lipinski definition) is 6. The van der Waals surface area contributed by atoms with Gasteiger partial charge in [0, 0.05) is 36.8 Å². The third-order valence-corrected chi connectivity index (χ3v) is 12.7.